The summed E-state index contributed by atoms with van der Waals surface area (Å²) in [4.78, 5) is 14.2. The third kappa shape index (κ3) is 3.80. The summed E-state index contributed by atoms with van der Waals surface area (Å²) in [6.45, 7) is 0.626. The number of rotatable bonds is 3. The van der Waals surface area contributed by atoms with Crippen molar-refractivity contribution in [1.82, 2.24) is 15.0 Å². The van der Waals surface area contributed by atoms with Gasteiger partial charge in [0.05, 0.1) is 23.2 Å². The summed E-state index contributed by atoms with van der Waals surface area (Å²) in [7, 11) is 0. The molecule has 0 spiro atoms. The Hall–Kier alpha value is -3.44. The molecule has 1 aliphatic carbocycles. The number of benzene rings is 1. The summed E-state index contributed by atoms with van der Waals surface area (Å²) < 4.78 is 39.2. The molecular weight excluding hydrogens is 449 g/mol. The molecule has 3 aromatic rings. The van der Waals surface area contributed by atoms with Gasteiger partial charge in [0.2, 0.25) is 0 Å². The van der Waals surface area contributed by atoms with Gasteiger partial charge in [0.1, 0.15) is 29.9 Å². The highest BCUT2D eigenvalue weighted by Gasteiger charge is 2.45. The van der Waals surface area contributed by atoms with E-state index in [1.54, 1.807) is 30.4 Å². The van der Waals surface area contributed by atoms with E-state index in [1.807, 2.05) is 4.90 Å². The number of aromatic nitrogens is 3. The number of alkyl halides is 3. The van der Waals surface area contributed by atoms with E-state index in [-0.39, 0.29) is 12.0 Å². The Morgan fingerprint density at radius 3 is 2.62 bits per heavy atom. The molecule has 8 nitrogen and oxygen atoms in total. The van der Waals surface area contributed by atoms with E-state index in [4.69, 9.17) is 11.5 Å². The summed E-state index contributed by atoms with van der Waals surface area (Å²) in [6, 6.07) is 5.50. The van der Waals surface area contributed by atoms with Gasteiger partial charge in [-0.2, -0.15) is 13.2 Å². The number of nitrogens with two attached hydrogens (primary N) is 2. The molecule has 0 saturated heterocycles. The SMILES string of the molecule is Nc1nc2cc(/C=C/C3CC(N4CCc5c(N)ncnc54)[C@@H](O)C3O)ccc2cc1C(F)(F)F. The maximum absolute atomic E-state index is 13.1. The number of aliphatic hydroxyl groups excluding tert-OH is 2. The standard InChI is InChI=1S/C23H23F3N6O2/c24-23(25,26)15-8-12-3-1-11(7-16(12)31-21(15)28)2-4-13-9-17(19(34)18(13)33)32-6-5-14-20(27)29-10-30-22(14)32/h1-4,7-8,10,13,17-19,33-34H,5-6,9H2,(H2,28,31)(H2,27,29,30)/b4-2+/t13?,17?,18?,19-/m1/s1. The van der Waals surface area contributed by atoms with Gasteiger partial charge < -0.3 is 26.6 Å². The molecule has 1 saturated carbocycles. The second-order valence-corrected chi connectivity index (χ2v) is 8.68. The molecule has 178 valence electrons. The molecule has 0 amide bonds. The average molecular weight is 472 g/mol. The molecule has 1 aliphatic heterocycles. The van der Waals surface area contributed by atoms with Crippen molar-refractivity contribution in [3.63, 3.8) is 0 Å². The molecular formula is C23H23F3N6O2. The van der Waals surface area contributed by atoms with Crippen molar-refractivity contribution in [2.45, 2.75) is 37.3 Å². The van der Waals surface area contributed by atoms with Crippen LogP contribution in [0.25, 0.3) is 17.0 Å². The van der Waals surface area contributed by atoms with Gasteiger partial charge in [0.25, 0.3) is 0 Å². The molecule has 6 N–H and O–H groups in total. The number of halogens is 3. The van der Waals surface area contributed by atoms with Crippen molar-refractivity contribution < 1.29 is 23.4 Å². The second kappa shape index (κ2) is 8.10. The molecule has 11 heteroatoms. The first kappa shape index (κ1) is 22.4. The van der Waals surface area contributed by atoms with Crippen LogP contribution in [0.15, 0.2) is 36.7 Å². The monoisotopic (exact) mass is 472 g/mol. The van der Waals surface area contributed by atoms with Crippen LogP contribution in [0, 0.1) is 5.92 Å². The minimum absolute atomic E-state index is 0.323. The molecule has 0 radical (unpaired) electrons. The minimum Gasteiger partial charge on any atom is -0.390 e. The van der Waals surface area contributed by atoms with E-state index in [1.165, 1.54) is 6.33 Å². The van der Waals surface area contributed by atoms with Crippen LogP contribution < -0.4 is 16.4 Å². The first-order valence-corrected chi connectivity index (χ1v) is 10.8. The molecule has 3 unspecified atom stereocenters. The summed E-state index contributed by atoms with van der Waals surface area (Å²) in [5, 5.41) is 21.7. The van der Waals surface area contributed by atoms with E-state index in [0.717, 1.165) is 11.6 Å². The van der Waals surface area contributed by atoms with E-state index in [2.05, 4.69) is 15.0 Å². The predicted octanol–water partition coefficient (Wildman–Crippen LogP) is 2.39. The maximum atomic E-state index is 13.1. The Kier molecular flexibility index (Phi) is 5.33. The lowest BCUT2D eigenvalue weighted by Crippen LogP contribution is -2.43. The van der Waals surface area contributed by atoms with Crippen LogP contribution in [0.2, 0.25) is 0 Å². The second-order valence-electron chi connectivity index (χ2n) is 8.68. The predicted molar refractivity (Wildman–Crippen MR) is 122 cm³/mol. The molecule has 3 heterocycles. The fourth-order valence-corrected chi connectivity index (χ4v) is 4.87. The lowest BCUT2D eigenvalue weighted by Gasteiger charge is -2.28. The highest BCUT2D eigenvalue weighted by molar-refractivity contribution is 5.84. The molecule has 2 aromatic heterocycles. The van der Waals surface area contributed by atoms with Crippen LogP contribution in [-0.2, 0) is 12.6 Å². The van der Waals surface area contributed by atoms with Crippen molar-refractivity contribution in [2.24, 2.45) is 5.92 Å². The summed E-state index contributed by atoms with van der Waals surface area (Å²) >= 11 is 0. The Balaban J connectivity index is 1.36. The first-order valence-electron chi connectivity index (χ1n) is 10.8. The minimum atomic E-state index is -4.58. The zero-order chi connectivity index (χ0) is 24.2. The number of nitrogens with zero attached hydrogens (tertiary/aromatic N) is 4. The van der Waals surface area contributed by atoms with Crippen LogP contribution in [0.3, 0.4) is 0 Å². The third-order valence-electron chi connectivity index (χ3n) is 6.64. The number of hydrogen-bond donors (Lipinski definition) is 4. The van der Waals surface area contributed by atoms with Crippen molar-refractivity contribution in [1.29, 1.82) is 0 Å². The summed E-state index contributed by atoms with van der Waals surface area (Å²) in [5.74, 6) is 0.202. The maximum Gasteiger partial charge on any atom is 0.419 e. The molecule has 34 heavy (non-hydrogen) atoms. The average Bonchev–Trinajstić information content (AvgIpc) is 3.33. The van der Waals surface area contributed by atoms with Gasteiger partial charge in [-0.15, -0.1) is 0 Å². The van der Waals surface area contributed by atoms with Gasteiger partial charge in [-0.1, -0.05) is 24.3 Å². The van der Waals surface area contributed by atoms with E-state index in [9.17, 15) is 23.4 Å². The smallest absolute Gasteiger partial charge is 0.390 e. The van der Waals surface area contributed by atoms with E-state index in [0.29, 0.717) is 47.5 Å². The van der Waals surface area contributed by atoms with Crippen LogP contribution in [0.1, 0.15) is 23.1 Å². The fourth-order valence-electron chi connectivity index (χ4n) is 4.87. The Morgan fingerprint density at radius 1 is 1.06 bits per heavy atom. The van der Waals surface area contributed by atoms with E-state index < -0.39 is 29.8 Å². The fraction of sp³-hybridized carbons (Fsp3) is 0.348. The quantitative estimate of drug-likeness (QED) is 0.457. The molecule has 1 aromatic carbocycles. The number of hydrogen-bond acceptors (Lipinski definition) is 8. The number of aliphatic hydroxyl groups is 2. The molecule has 1 fully saturated rings. The summed E-state index contributed by atoms with van der Waals surface area (Å²) in [6.07, 6.45) is -0.415. The van der Waals surface area contributed by atoms with Gasteiger partial charge in [-0.05, 0) is 30.5 Å². The number of nitrogen functional groups attached to an aromatic ring is 2. The zero-order valence-electron chi connectivity index (χ0n) is 17.9. The zero-order valence-corrected chi connectivity index (χ0v) is 17.9. The van der Waals surface area contributed by atoms with E-state index >= 15 is 0 Å². The first-order chi connectivity index (χ1) is 16.1. The van der Waals surface area contributed by atoms with Crippen molar-refractivity contribution in [3.8, 4) is 0 Å². The number of fused-ring (bicyclic) bond motifs is 2. The van der Waals surface area contributed by atoms with Gasteiger partial charge in [0, 0.05) is 23.4 Å². The van der Waals surface area contributed by atoms with Crippen molar-refractivity contribution in [2.75, 3.05) is 22.9 Å². The van der Waals surface area contributed by atoms with Crippen LogP contribution in [-0.4, -0.2) is 50.0 Å². The van der Waals surface area contributed by atoms with Gasteiger partial charge in [0.15, 0.2) is 0 Å². The van der Waals surface area contributed by atoms with Gasteiger partial charge in [-0.3, -0.25) is 0 Å². The van der Waals surface area contributed by atoms with Crippen LogP contribution >= 0.6 is 0 Å². The lowest BCUT2D eigenvalue weighted by molar-refractivity contribution is -0.137. The highest BCUT2D eigenvalue weighted by Crippen LogP contribution is 2.39. The molecule has 2 aliphatic rings. The Bertz CT molecular complexity index is 1280. The van der Waals surface area contributed by atoms with Crippen LogP contribution in [0.5, 0.6) is 0 Å². The molecule has 0 bridgehead atoms. The van der Waals surface area contributed by atoms with Gasteiger partial charge in [-0.25, -0.2) is 15.0 Å². The topological polar surface area (TPSA) is 134 Å². The van der Waals surface area contributed by atoms with Crippen molar-refractivity contribution in [3.05, 3.63) is 53.4 Å². The molecule has 5 rings (SSSR count). The largest absolute Gasteiger partial charge is 0.419 e. The normalized spacial score (nSPS) is 24.9. The Morgan fingerprint density at radius 2 is 1.85 bits per heavy atom. The van der Waals surface area contributed by atoms with Gasteiger partial charge >= 0.3 is 6.18 Å². The van der Waals surface area contributed by atoms with Crippen LogP contribution in [0.4, 0.5) is 30.6 Å². The lowest BCUT2D eigenvalue weighted by atomic mass is 10.0. The third-order valence-corrected chi connectivity index (χ3v) is 6.64. The summed E-state index contributed by atoms with van der Waals surface area (Å²) in [5.41, 5.74) is 12.4. The molecule has 4 atom stereocenters. The Labute approximate surface area is 192 Å². The number of anilines is 3. The highest BCUT2D eigenvalue weighted by atomic mass is 19.4. The van der Waals surface area contributed by atoms with Crippen molar-refractivity contribution >= 4 is 34.4 Å². The number of pyridine rings is 1.